The lowest BCUT2D eigenvalue weighted by molar-refractivity contribution is -0.122. The number of carbonyl (C=O) groups excluding carboxylic acids is 1. The Morgan fingerprint density at radius 1 is 1.11 bits per heavy atom. The minimum Gasteiger partial charge on any atom is -0.352 e. The molecule has 0 radical (unpaired) electrons. The molecule has 2 saturated heterocycles. The molecule has 2 unspecified atom stereocenters. The number of amides is 1. The molecule has 3 rings (SSSR count). The Bertz CT molecular complexity index is 555. The minimum atomic E-state index is 0. The molecule has 2 atom stereocenters. The first-order valence-electron chi connectivity index (χ1n) is 10.5. The van der Waals surface area contributed by atoms with E-state index in [2.05, 4.69) is 46.7 Å². The van der Waals surface area contributed by atoms with Crippen molar-refractivity contribution in [3.63, 3.8) is 0 Å². The zero-order chi connectivity index (χ0) is 18.2. The average Bonchev–Trinajstić information content (AvgIpc) is 2.69. The zero-order valence-electron chi connectivity index (χ0n) is 17.1. The van der Waals surface area contributed by atoms with Gasteiger partial charge in [0.05, 0.1) is 0 Å². The van der Waals surface area contributed by atoms with Gasteiger partial charge in [-0.25, -0.2) is 0 Å². The standard InChI is InChI=1S/C22H35N3O.2ClH/c1-18(21-6-5-11-23-16-21)14-22(26)24-15-19-7-9-20(10-8-19)17-25-12-3-2-4-13-25;;/h7-10,18,21,23H,2-6,11-17H2,1H3,(H,24,26);2*1H. The van der Waals surface area contributed by atoms with E-state index in [1.807, 2.05) is 0 Å². The number of hydrogen-bond acceptors (Lipinski definition) is 3. The lowest BCUT2D eigenvalue weighted by Gasteiger charge is -2.28. The van der Waals surface area contributed by atoms with Crippen LogP contribution in [0.5, 0.6) is 0 Å². The fourth-order valence-corrected chi connectivity index (χ4v) is 4.23. The first kappa shape index (κ1) is 25.2. The fourth-order valence-electron chi connectivity index (χ4n) is 4.23. The summed E-state index contributed by atoms with van der Waals surface area (Å²) in [6.45, 7) is 8.56. The number of carbonyl (C=O) groups is 1. The molecule has 4 nitrogen and oxygen atoms in total. The van der Waals surface area contributed by atoms with Gasteiger partial charge in [-0.05, 0) is 74.8 Å². The topological polar surface area (TPSA) is 44.4 Å². The van der Waals surface area contributed by atoms with Crippen LogP contribution in [0.3, 0.4) is 0 Å². The van der Waals surface area contributed by atoms with E-state index in [1.54, 1.807) is 0 Å². The predicted molar refractivity (Wildman–Crippen MR) is 121 cm³/mol. The number of nitrogens with one attached hydrogen (secondary N) is 2. The van der Waals surface area contributed by atoms with Crippen LogP contribution >= 0.6 is 24.8 Å². The SMILES string of the molecule is CC(CC(=O)NCc1ccc(CN2CCCCC2)cc1)C1CCCNC1.Cl.Cl. The van der Waals surface area contributed by atoms with Gasteiger partial charge in [0, 0.05) is 19.5 Å². The third-order valence-electron chi connectivity index (χ3n) is 6.01. The maximum Gasteiger partial charge on any atom is 0.220 e. The van der Waals surface area contributed by atoms with E-state index < -0.39 is 0 Å². The number of likely N-dealkylation sites (tertiary alicyclic amines) is 1. The highest BCUT2D eigenvalue weighted by molar-refractivity contribution is 5.85. The van der Waals surface area contributed by atoms with E-state index in [9.17, 15) is 4.79 Å². The molecular weight excluding hydrogens is 393 g/mol. The van der Waals surface area contributed by atoms with Crippen molar-refractivity contribution in [3.05, 3.63) is 35.4 Å². The number of rotatable bonds is 7. The molecule has 1 amide bonds. The maximum absolute atomic E-state index is 12.3. The van der Waals surface area contributed by atoms with E-state index in [0.29, 0.717) is 24.8 Å². The van der Waals surface area contributed by atoms with Crippen LogP contribution in [-0.2, 0) is 17.9 Å². The van der Waals surface area contributed by atoms with Crippen LogP contribution in [0.15, 0.2) is 24.3 Å². The Kier molecular flexibility index (Phi) is 12.1. The molecule has 28 heavy (non-hydrogen) atoms. The molecule has 2 aliphatic rings. The summed E-state index contributed by atoms with van der Waals surface area (Å²) in [5, 5.41) is 6.55. The molecule has 0 bridgehead atoms. The van der Waals surface area contributed by atoms with Crippen LogP contribution in [0.4, 0.5) is 0 Å². The Balaban J connectivity index is 0.00000196. The van der Waals surface area contributed by atoms with Crippen LogP contribution in [-0.4, -0.2) is 37.0 Å². The van der Waals surface area contributed by atoms with Gasteiger partial charge in [-0.1, -0.05) is 37.6 Å². The first-order chi connectivity index (χ1) is 12.7. The van der Waals surface area contributed by atoms with Gasteiger partial charge >= 0.3 is 0 Å². The molecule has 1 aromatic carbocycles. The van der Waals surface area contributed by atoms with Gasteiger partial charge in [0.15, 0.2) is 0 Å². The van der Waals surface area contributed by atoms with Crippen molar-refractivity contribution in [1.82, 2.24) is 15.5 Å². The molecule has 160 valence electrons. The maximum atomic E-state index is 12.3. The van der Waals surface area contributed by atoms with Crippen molar-refractivity contribution in [3.8, 4) is 0 Å². The number of nitrogens with zero attached hydrogens (tertiary/aromatic N) is 1. The third-order valence-corrected chi connectivity index (χ3v) is 6.01. The summed E-state index contributed by atoms with van der Waals surface area (Å²) in [5.74, 6) is 1.28. The van der Waals surface area contributed by atoms with Crippen LogP contribution in [0.1, 0.15) is 56.6 Å². The highest BCUT2D eigenvalue weighted by atomic mass is 35.5. The molecule has 6 heteroatoms. The second-order valence-electron chi connectivity index (χ2n) is 8.22. The summed E-state index contributed by atoms with van der Waals surface area (Å²) in [5.41, 5.74) is 2.56. The smallest absolute Gasteiger partial charge is 0.220 e. The Labute approximate surface area is 183 Å². The van der Waals surface area contributed by atoms with Crippen molar-refractivity contribution in [1.29, 1.82) is 0 Å². The molecule has 0 saturated carbocycles. The average molecular weight is 430 g/mol. The lowest BCUT2D eigenvalue weighted by Crippen LogP contribution is -2.35. The van der Waals surface area contributed by atoms with Gasteiger partial charge in [0.1, 0.15) is 0 Å². The largest absolute Gasteiger partial charge is 0.352 e. The second-order valence-corrected chi connectivity index (χ2v) is 8.22. The van der Waals surface area contributed by atoms with Crippen molar-refractivity contribution >= 4 is 30.7 Å². The Morgan fingerprint density at radius 3 is 2.43 bits per heavy atom. The second kappa shape index (κ2) is 13.4. The van der Waals surface area contributed by atoms with Crippen LogP contribution < -0.4 is 10.6 Å². The Hall–Kier alpha value is -0.810. The van der Waals surface area contributed by atoms with Crippen LogP contribution in [0.25, 0.3) is 0 Å². The van der Waals surface area contributed by atoms with Crippen molar-refractivity contribution < 1.29 is 4.79 Å². The highest BCUT2D eigenvalue weighted by Crippen LogP contribution is 2.22. The quantitative estimate of drug-likeness (QED) is 0.683. The van der Waals surface area contributed by atoms with Gasteiger partial charge in [-0.3, -0.25) is 9.69 Å². The van der Waals surface area contributed by atoms with E-state index in [0.717, 1.165) is 19.6 Å². The van der Waals surface area contributed by atoms with Crippen LogP contribution in [0, 0.1) is 11.8 Å². The van der Waals surface area contributed by atoms with Gasteiger partial charge in [-0.15, -0.1) is 24.8 Å². The Morgan fingerprint density at radius 2 is 1.79 bits per heavy atom. The molecule has 2 N–H and O–H groups in total. The number of benzene rings is 1. The number of hydrogen-bond donors (Lipinski definition) is 2. The number of piperidine rings is 2. The first-order valence-corrected chi connectivity index (χ1v) is 10.5. The van der Waals surface area contributed by atoms with Crippen molar-refractivity contribution in [2.24, 2.45) is 11.8 Å². The molecule has 0 spiro atoms. The molecule has 2 heterocycles. The summed E-state index contributed by atoms with van der Waals surface area (Å²) in [6, 6.07) is 8.75. The summed E-state index contributed by atoms with van der Waals surface area (Å²) in [6.07, 6.45) is 7.17. The predicted octanol–water partition coefficient (Wildman–Crippen LogP) is 4.16. The molecule has 0 aromatic heterocycles. The number of halogens is 2. The van der Waals surface area contributed by atoms with E-state index in [1.165, 1.54) is 56.3 Å². The van der Waals surface area contributed by atoms with Crippen LogP contribution in [0.2, 0.25) is 0 Å². The summed E-state index contributed by atoms with van der Waals surface area (Å²) in [4.78, 5) is 14.8. The monoisotopic (exact) mass is 429 g/mol. The zero-order valence-corrected chi connectivity index (χ0v) is 18.8. The van der Waals surface area contributed by atoms with Gasteiger partial charge in [-0.2, -0.15) is 0 Å². The highest BCUT2D eigenvalue weighted by Gasteiger charge is 2.21. The molecule has 1 aromatic rings. The molecule has 0 aliphatic carbocycles. The van der Waals surface area contributed by atoms with Crippen molar-refractivity contribution in [2.45, 2.75) is 58.5 Å². The summed E-state index contributed by atoms with van der Waals surface area (Å²) < 4.78 is 0. The van der Waals surface area contributed by atoms with E-state index in [-0.39, 0.29) is 30.7 Å². The molecular formula is C22H37Cl2N3O. The molecule has 2 fully saturated rings. The lowest BCUT2D eigenvalue weighted by atomic mass is 9.85. The normalized spacial score (nSPS) is 21.1. The van der Waals surface area contributed by atoms with E-state index in [4.69, 9.17) is 0 Å². The fraction of sp³-hybridized carbons (Fsp3) is 0.682. The summed E-state index contributed by atoms with van der Waals surface area (Å²) >= 11 is 0. The summed E-state index contributed by atoms with van der Waals surface area (Å²) in [7, 11) is 0. The van der Waals surface area contributed by atoms with Gasteiger partial charge < -0.3 is 10.6 Å². The third kappa shape index (κ3) is 8.28. The molecule has 2 aliphatic heterocycles. The van der Waals surface area contributed by atoms with E-state index >= 15 is 0 Å². The minimum absolute atomic E-state index is 0. The van der Waals surface area contributed by atoms with Gasteiger partial charge in [0.25, 0.3) is 0 Å². The van der Waals surface area contributed by atoms with Crippen molar-refractivity contribution in [2.75, 3.05) is 26.2 Å². The van der Waals surface area contributed by atoms with Gasteiger partial charge in [0.2, 0.25) is 5.91 Å².